The van der Waals surface area contributed by atoms with E-state index in [-0.39, 0.29) is 13.2 Å². The van der Waals surface area contributed by atoms with Crippen molar-refractivity contribution in [3.63, 3.8) is 0 Å². The summed E-state index contributed by atoms with van der Waals surface area (Å²) in [7, 11) is 1.54. The maximum atomic E-state index is 12.8. The molecule has 0 saturated carbocycles. The van der Waals surface area contributed by atoms with E-state index in [1.54, 1.807) is 7.11 Å². The molecule has 6 nitrogen and oxygen atoms in total. The predicted molar refractivity (Wildman–Crippen MR) is 117 cm³/mol. The van der Waals surface area contributed by atoms with Crippen molar-refractivity contribution < 1.29 is 19.1 Å². The van der Waals surface area contributed by atoms with Gasteiger partial charge in [-0.2, -0.15) is 0 Å². The highest BCUT2D eigenvalue weighted by molar-refractivity contribution is 6.00. The molecule has 0 atom stereocenters. The molecule has 2 aromatic carbocycles. The number of methoxy groups -OCH3 is 1. The van der Waals surface area contributed by atoms with Crippen LogP contribution in [-0.4, -0.2) is 30.6 Å². The van der Waals surface area contributed by atoms with Crippen molar-refractivity contribution in [1.29, 1.82) is 0 Å². The summed E-state index contributed by atoms with van der Waals surface area (Å²) in [6, 6.07) is 15.2. The van der Waals surface area contributed by atoms with Gasteiger partial charge in [0.2, 0.25) is 0 Å². The van der Waals surface area contributed by atoms with Crippen LogP contribution < -0.4 is 5.32 Å². The third-order valence-electron chi connectivity index (χ3n) is 4.91. The highest BCUT2D eigenvalue weighted by atomic mass is 16.5. The van der Waals surface area contributed by atoms with Gasteiger partial charge >= 0.3 is 5.97 Å². The minimum absolute atomic E-state index is 0.171. The number of benzene rings is 2. The number of carbonyl (C=O) groups is 2. The first-order valence-corrected chi connectivity index (χ1v) is 9.84. The number of amides is 1. The molecule has 3 aromatic rings. The van der Waals surface area contributed by atoms with Crippen molar-refractivity contribution in [3.8, 4) is 0 Å². The number of rotatable bonds is 7. The van der Waals surface area contributed by atoms with Crippen LogP contribution in [0, 0.1) is 6.92 Å². The lowest BCUT2D eigenvalue weighted by atomic mass is 10.0. The molecule has 0 spiro atoms. The fourth-order valence-electron chi connectivity index (χ4n) is 3.30. The van der Waals surface area contributed by atoms with Gasteiger partial charge in [0.05, 0.1) is 23.4 Å². The Balaban J connectivity index is 1.72. The molecule has 0 fully saturated rings. The van der Waals surface area contributed by atoms with Crippen molar-refractivity contribution in [2.75, 3.05) is 19.0 Å². The quantitative estimate of drug-likeness (QED) is 0.580. The summed E-state index contributed by atoms with van der Waals surface area (Å²) in [6.45, 7) is 5.84. The smallest absolute Gasteiger partial charge is 0.340 e. The number of esters is 1. The zero-order chi connectivity index (χ0) is 21.7. The van der Waals surface area contributed by atoms with E-state index >= 15 is 0 Å². The molecular formula is C24H26N2O4. The summed E-state index contributed by atoms with van der Waals surface area (Å²) in [4.78, 5) is 29.6. The second-order valence-electron chi connectivity index (χ2n) is 7.41. The SMILES string of the molecule is COCc1nc2ccccc2c(C)c1C(=O)OCC(=O)Nc1ccc(C(C)C)cc1. The standard InChI is InChI=1S/C24H26N2O4/c1-15(2)17-9-11-18(12-10-17)25-22(27)14-30-24(28)23-16(3)19-7-5-6-8-20(19)26-21(23)13-29-4/h5-12,15H,13-14H2,1-4H3,(H,25,27). The maximum Gasteiger partial charge on any atom is 0.340 e. The first-order chi connectivity index (χ1) is 14.4. The molecule has 0 aliphatic carbocycles. The normalized spacial score (nSPS) is 11.0. The Kier molecular flexibility index (Phi) is 6.79. The van der Waals surface area contributed by atoms with Gasteiger partial charge in [-0.3, -0.25) is 4.79 Å². The van der Waals surface area contributed by atoms with Crippen LogP contribution >= 0.6 is 0 Å². The monoisotopic (exact) mass is 406 g/mol. The number of hydrogen-bond acceptors (Lipinski definition) is 5. The molecule has 0 bridgehead atoms. The van der Waals surface area contributed by atoms with Gasteiger partial charge in [0.15, 0.2) is 6.61 Å². The lowest BCUT2D eigenvalue weighted by Gasteiger charge is -2.14. The van der Waals surface area contributed by atoms with E-state index in [0.717, 1.165) is 16.5 Å². The number of carbonyl (C=O) groups excluding carboxylic acids is 2. The molecule has 1 amide bonds. The minimum Gasteiger partial charge on any atom is -0.452 e. The fraction of sp³-hybridized carbons (Fsp3) is 0.292. The molecule has 0 saturated heterocycles. The van der Waals surface area contributed by atoms with Gasteiger partial charge in [-0.1, -0.05) is 44.2 Å². The largest absolute Gasteiger partial charge is 0.452 e. The van der Waals surface area contributed by atoms with E-state index in [2.05, 4.69) is 24.1 Å². The average Bonchev–Trinajstić information content (AvgIpc) is 2.73. The van der Waals surface area contributed by atoms with Crippen molar-refractivity contribution in [3.05, 3.63) is 70.9 Å². The van der Waals surface area contributed by atoms with Crippen LogP contribution in [0.15, 0.2) is 48.5 Å². The highest BCUT2D eigenvalue weighted by Gasteiger charge is 2.21. The van der Waals surface area contributed by atoms with Crippen LogP contribution in [0.2, 0.25) is 0 Å². The third-order valence-corrected chi connectivity index (χ3v) is 4.91. The number of nitrogens with zero attached hydrogens (tertiary/aromatic N) is 1. The number of aryl methyl sites for hydroxylation is 1. The zero-order valence-corrected chi connectivity index (χ0v) is 17.7. The van der Waals surface area contributed by atoms with Crippen LogP contribution in [0.5, 0.6) is 0 Å². The van der Waals surface area contributed by atoms with Crippen LogP contribution in [0.25, 0.3) is 10.9 Å². The van der Waals surface area contributed by atoms with E-state index < -0.39 is 11.9 Å². The molecule has 1 heterocycles. The van der Waals surface area contributed by atoms with Crippen LogP contribution in [-0.2, 0) is 20.9 Å². The number of nitrogens with one attached hydrogen (secondary N) is 1. The Bertz CT molecular complexity index is 1060. The summed E-state index contributed by atoms with van der Waals surface area (Å²) in [5, 5.41) is 3.60. The molecule has 6 heteroatoms. The van der Waals surface area contributed by atoms with E-state index in [1.165, 1.54) is 5.56 Å². The van der Waals surface area contributed by atoms with E-state index in [9.17, 15) is 9.59 Å². The molecule has 1 N–H and O–H groups in total. The number of hydrogen-bond donors (Lipinski definition) is 1. The lowest BCUT2D eigenvalue weighted by molar-refractivity contribution is -0.119. The zero-order valence-electron chi connectivity index (χ0n) is 17.7. The summed E-state index contributed by atoms with van der Waals surface area (Å²) in [5.74, 6) is -0.584. The van der Waals surface area contributed by atoms with Gasteiger partial charge in [0.25, 0.3) is 5.91 Å². The summed E-state index contributed by atoms with van der Waals surface area (Å²) >= 11 is 0. The molecule has 30 heavy (non-hydrogen) atoms. The van der Waals surface area contributed by atoms with Gasteiger partial charge in [-0.15, -0.1) is 0 Å². The van der Waals surface area contributed by atoms with E-state index in [0.29, 0.717) is 22.9 Å². The fourth-order valence-corrected chi connectivity index (χ4v) is 3.30. The molecule has 0 aliphatic heterocycles. The molecule has 0 aliphatic rings. The minimum atomic E-state index is -0.594. The molecule has 3 rings (SSSR count). The number of aromatic nitrogens is 1. The maximum absolute atomic E-state index is 12.8. The Labute approximate surface area is 176 Å². The summed E-state index contributed by atoms with van der Waals surface area (Å²) in [5.41, 5.74) is 4.20. The number of anilines is 1. The van der Waals surface area contributed by atoms with Crippen LogP contribution in [0.1, 0.15) is 46.9 Å². The average molecular weight is 406 g/mol. The number of ether oxygens (including phenoxy) is 2. The van der Waals surface area contributed by atoms with Gasteiger partial charge in [-0.25, -0.2) is 9.78 Å². The topological polar surface area (TPSA) is 77.5 Å². The predicted octanol–water partition coefficient (Wildman–Crippen LogP) is 4.61. The lowest BCUT2D eigenvalue weighted by Crippen LogP contribution is -2.22. The number of pyridine rings is 1. The van der Waals surface area contributed by atoms with Crippen molar-refractivity contribution >= 4 is 28.5 Å². The van der Waals surface area contributed by atoms with Gasteiger partial charge < -0.3 is 14.8 Å². The van der Waals surface area contributed by atoms with Gasteiger partial charge in [-0.05, 0) is 42.2 Å². The van der Waals surface area contributed by atoms with Crippen LogP contribution in [0.3, 0.4) is 0 Å². The van der Waals surface area contributed by atoms with Crippen molar-refractivity contribution in [2.45, 2.75) is 33.3 Å². The second-order valence-corrected chi connectivity index (χ2v) is 7.41. The molecule has 156 valence electrons. The van der Waals surface area contributed by atoms with E-state index in [1.807, 2.05) is 55.5 Å². The first-order valence-electron chi connectivity index (χ1n) is 9.84. The van der Waals surface area contributed by atoms with Crippen LogP contribution in [0.4, 0.5) is 5.69 Å². The Morgan fingerprint density at radius 2 is 1.77 bits per heavy atom. The van der Waals surface area contributed by atoms with Crippen molar-refractivity contribution in [1.82, 2.24) is 4.98 Å². The third kappa shape index (κ3) is 4.83. The first kappa shape index (κ1) is 21.5. The molecule has 0 radical (unpaired) electrons. The van der Waals surface area contributed by atoms with Gasteiger partial charge in [0.1, 0.15) is 0 Å². The van der Waals surface area contributed by atoms with E-state index in [4.69, 9.17) is 9.47 Å². The highest BCUT2D eigenvalue weighted by Crippen LogP contribution is 2.24. The summed E-state index contributed by atoms with van der Waals surface area (Å²) in [6.07, 6.45) is 0. The van der Waals surface area contributed by atoms with Gasteiger partial charge in [0, 0.05) is 18.2 Å². The Hall–Kier alpha value is -3.25. The number of fused-ring (bicyclic) bond motifs is 1. The Morgan fingerprint density at radius 3 is 2.43 bits per heavy atom. The Morgan fingerprint density at radius 1 is 1.07 bits per heavy atom. The van der Waals surface area contributed by atoms with Crippen molar-refractivity contribution in [2.24, 2.45) is 0 Å². The second kappa shape index (κ2) is 9.50. The molecular weight excluding hydrogens is 380 g/mol. The molecule has 1 aromatic heterocycles. The number of para-hydroxylation sites is 1. The summed E-state index contributed by atoms with van der Waals surface area (Å²) < 4.78 is 10.5. The molecule has 0 unspecified atom stereocenters.